The zero-order valence-electron chi connectivity index (χ0n) is 12.2. The van der Waals surface area contributed by atoms with Gasteiger partial charge in [-0.3, -0.25) is 4.79 Å². The molecule has 22 heavy (non-hydrogen) atoms. The number of phenolic OH excluding ortho intramolecular Hbond substituents is 1. The molecule has 0 aliphatic carbocycles. The summed E-state index contributed by atoms with van der Waals surface area (Å²) in [5.74, 6) is -1.69. The molecule has 0 bridgehead atoms. The van der Waals surface area contributed by atoms with Crippen molar-refractivity contribution >= 4 is 17.6 Å². The minimum absolute atomic E-state index is 0.0270. The molecule has 2 rings (SSSR count). The van der Waals surface area contributed by atoms with Crippen LogP contribution in [0.3, 0.4) is 0 Å². The van der Waals surface area contributed by atoms with Crippen molar-refractivity contribution < 1.29 is 29.9 Å². The second kappa shape index (κ2) is 7.77. The van der Waals surface area contributed by atoms with Gasteiger partial charge in [0.15, 0.2) is 0 Å². The number of benzene rings is 1. The van der Waals surface area contributed by atoms with E-state index in [-0.39, 0.29) is 18.3 Å². The summed E-state index contributed by atoms with van der Waals surface area (Å²) in [5.41, 5.74) is 0.418. The Bertz CT molecular complexity index is 528. The number of aromatic hydroxyl groups is 1. The number of hydrogen-bond acceptors (Lipinski definition) is 5. The summed E-state index contributed by atoms with van der Waals surface area (Å²) < 4.78 is 5.42. The number of anilines is 1. The SMILES string of the molecule is O=C(C[C@@H]([NH2+]C[C@@H]1CCCO1)C(=O)[O-])Nc1cccc(O)c1. The largest absolute Gasteiger partial charge is 0.544 e. The number of hydrogen-bond donors (Lipinski definition) is 3. The van der Waals surface area contributed by atoms with Crippen LogP contribution in [0.5, 0.6) is 5.75 Å². The Kier molecular flexibility index (Phi) is 5.74. The summed E-state index contributed by atoms with van der Waals surface area (Å²) in [6.07, 6.45) is 1.72. The molecule has 0 saturated carbocycles. The van der Waals surface area contributed by atoms with E-state index in [1.165, 1.54) is 12.1 Å². The number of quaternary nitrogens is 1. The van der Waals surface area contributed by atoms with Crippen molar-refractivity contribution in [3.63, 3.8) is 0 Å². The summed E-state index contributed by atoms with van der Waals surface area (Å²) in [6, 6.07) is 5.12. The smallest absolute Gasteiger partial charge is 0.230 e. The van der Waals surface area contributed by atoms with Gasteiger partial charge in [-0.15, -0.1) is 0 Å². The zero-order chi connectivity index (χ0) is 15.9. The van der Waals surface area contributed by atoms with Crippen molar-refractivity contribution in [1.82, 2.24) is 0 Å². The molecule has 1 aromatic rings. The maximum absolute atomic E-state index is 11.9. The molecule has 1 fully saturated rings. The Hall–Kier alpha value is -2.12. The Labute approximate surface area is 128 Å². The lowest BCUT2D eigenvalue weighted by molar-refractivity contribution is -0.687. The van der Waals surface area contributed by atoms with Gasteiger partial charge in [-0.2, -0.15) is 0 Å². The summed E-state index contributed by atoms with van der Waals surface area (Å²) in [5, 5.41) is 24.6. The first kappa shape index (κ1) is 16.3. The highest BCUT2D eigenvalue weighted by molar-refractivity contribution is 5.93. The van der Waals surface area contributed by atoms with Gasteiger partial charge in [0.2, 0.25) is 5.91 Å². The summed E-state index contributed by atoms with van der Waals surface area (Å²) >= 11 is 0. The quantitative estimate of drug-likeness (QED) is 0.572. The van der Waals surface area contributed by atoms with E-state index in [1.807, 2.05) is 0 Å². The number of rotatable bonds is 7. The van der Waals surface area contributed by atoms with Crippen LogP contribution in [0.4, 0.5) is 5.69 Å². The highest BCUT2D eigenvalue weighted by Gasteiger charge is 2.23. The molecule has 7 nitrogen and oxygen atoms in total. The number of phenols is 1. The first-order chi connectivity index (χ1) is 10.5. The molecule has 0 unspecified atom stereocenters. The monoisotopic (exact) mass is 308 g/mol. The topological polar surface area (TPSA) is 115 Å². The van der Waals surface area contributed by atoms with E-state index in [4.69, 9.17) is 4.74 Å². The number of aliphatic carboxylic acids is 1. The highest BCUT2D eigenvalue weighted by Crippen LogP contribution is 2.15. The van der Waals surface area contributed by atoms with Crippen molar-refractivity contribution in [3.05, 3.63) is 24.3 Å². The second-order valence-electron chi connectivity index (χ2n) is 5.33. The van der Waals surface area contributed by atoms with Crippen LogP contribution in [0.1, 0.15) is 19.3 Å². The maximum atomic E-state index is 11.9. The van der Waals surface area contributed by atoms with Crippen LogP contribution in [-0.4, -0.2) is 42.3 Å². The van der Waals surface area contributed by atoms with Gasteiger partial charge in [-0.25, -0.2) is 0 Å². The molecule has 4 N–H and O–H groups in total. The molecule has 1 heterocycles. The van der Waals surface area contributed by atoms with Crippen LogP contribution in [0.25, 0.3) is 0 Å². The van der Waals surface area contributed by atoms with Crippen LogP contribution in [-0.2, 0) is 14.3 Å². The molecule has 0 radical (unpaired) electrons. The minimum atomic E-state index is -1.27. The Morgan fingerprint density at radius 1 is 1.50 bits per heavy atom. The average Bonchev–Trinajstić information content (AvgIpc) is 2.96. The molecular weight excluding hydrogens is 288 g/mol. The number of ether oxygens (including phenoxy) is 1. The molecule has 2 atom stereocenters. The summed E-state index contributed by atoms with van der Waals surface area (Å²) in [4.78, 5) is 23.0. The lowest BCUT2D eigenvalue weighted by Gasteiger charge is -2.18. The number of carbonyl (C=O) groups is 2. The van der Waals surface area contributed by atoms with Gasteiger partial charge in [0.05, 0.1) is 12.4 Å². The molecule has 1 aromatic carbocycles. The molecule has 7 heteroatoms. The third-order valence-electron chi connectivity index (χ3n) is 3.55. The number of amides is 1. The lowest BCUT2D eigenvalue weighted by Crippen LogP contribution is -2.94. The van der Waals surface area contributed by atoms with E-state index in [1.54, 1.807) is 17.4 Å². The van der Waals surface area contributed by atoms with Gasteiger partial charge >= 0.3 is 0 Å². The third kappa shape index (κ3) is 5.01. The van der Waals surface area contributed by atoms with Crippen LogP contribution in [0, 0.1) is 0 Å². The van der Waals surface area contributed by atoms with Crippen LogP contribution < -0.4 is 15.7 Å². The summed E-state index contributed by atoms with van der Waals surface area (Å²) in [6.45, 7) is 1.20. The first-order valence-corrected chi connectivity index (χ1v) is 7.29. The normalized spacial score (nSPS) is 18.8. The van der Waals surface area contributed by atoms with Gasteiger partial charge < -0.3 is 30.4 Å². The van der Waals surface area contributed by atoms with Crippen molar-refractivity contribution in [1.29, 1.82) is 0 Å². The average molecular weight is 308 g/mol. The van der Waals surface area contributed by atoms with Gasteiger partial charge in [0.1, 0.15) is 24.4 Å². The Morgan fingerprint density at radius 3 is 2.95 bits per heavy atom. The van der Waals surface area contributed by atoms with Gasteiger partial charge in [0, 0.05) is 18.4 Å². The predicted molar refractivity (Wildman–Crippen MR) is 75.9 cm³/mol. The number of nitrogens with two attached hydrogens (primary N) is 1. The molecule has 1 saturated heterocycles. The third-order valence-corrected chi connectivity index (χ3v) is 3.55. The predicted octanol–water partition coefficient (Wildman–Crippen LogP) is -1.42. The lowest BCUT2D eigenvalue weighted by atomic mass is 10.1. The second-order valence-corrected chi connectivity index (χ2v) is 5.33. The number of carbonyl (C=O) groups excluding carboxylic acids is 2. The number of carboxylic acids is 1. The van der Waals surface area contributed by atoms with E-state index in [9.17, 15) is 19.8 Å². The molecule has 1 aliphatic heterocycles. The van der Waals surface area contributed by atoms with E-state index >= 15 is 0 Å². The van der Waals surface area contributed by atoms with Crippen molar-refractivity contribution in [3.8, 4) is 5.75 Å². The maximum Gasteiger partial charge on any atom is 0.230 e. The van der Waals surface area contributed by atoms with Crippen molar-refractivity contribution in [2.75, 3.05) is 18.5 Å². The Balaban J connectivity index is 1.84. The molecule has 1 amide bonds. The van der Waals surface area contributed by atoms with E-state index < -0.39 is 17.9 Å². The minimum Gasteiger partial charge on any atom is -0.544 e. The van der Waals surface area contributed by atoms with Crippen LogP contribution in [0.15, 0.2) is 24.3 Å². The Morgan fingerprint density at radius 2 is 2.32 bits per heavy atom. The fourth-order valence-electron chi connectivity index (χ4n) is 2.40. The number of carboxylic acid groups (broad SMARTS) is 1. The highest BCUT2D eigenvalue weighted by atomic mass is 16.5. The van der Waals surface area contributed by atoms with E-state index in [0.717, 1.165) is 12.8 Å². The standard InChI is InChI=1S/C15H20N2O5/c18-11-4-1-3-10(7-11)17-14(19)8-13(15(20)21)16-9-12-5-2-6-22-12/h1,3-4,7,12-13,16,18H,2,5-6,8-9H2,(H,17,19)(H,20,21)/t12-,13+/m0/s1. The molecule has 1 aliphatic rings. The van der Waals surface area contributed by atoms with Crippen LogP contribution in [0.2, 0.25) is 0 Å². The fourth-order valence-corrected chi connectivity index (χ4v) is 2.40. The van der Waals surface area contributed by atoms with Gasteiger partial charge in [-0.1, -0.05) is 6.07 Å². The van der Waals surface area contributed by atoms with E-state index in [2.05, 4.69) is 5.32 Å². The van der Waals surface area contributed by atoms with Gasteiger partial charge in [-0.05, 0) is 25.0 Å². The molecule has 120 valence electrons. The fraction of sp³-hybridized carbons (Fsp3) is 0.467. The molecular formula is C15H20N2O5. The van der Waals surface area contributed by atoms with Crippen molar-refractivity contribution in [2.24, 2.45) is 0 Å². The molecule has 0 spiro atoms. The molecule has 0 aromatic heterocycles. The van der Waals surface area contributed by atoms with E-state index in [0.29, 0.717) is 18.8 Å². The van der Waals surface area contributed by atoms with Crippen LogP contribution >= 0.6 is 0 Å². The zero-order valence-corrected chi connectivity index (χ0v) is 12.2. The first-order valence-electron chi connectivity index (χ1n) is 7.29. The number of nitrogens with one attached hydrogen (secondary N) is 1. The van der Waals surface area contributed by atoms with Crippen molar-refractivity contribution in [2.45, 2.75) is 31.4 Å². The summed E-state index contributed by atoms with van der Waals surface area (Å²) in [7, 11) is 0. The van der Waals surface area contributed by atoms with Gasteiger partial charge in [0.25, 0.3) is 0 Å².